The van der Waals surface area contributed by atoms with Gasteiger partial charge in [-0.25, -0.2) is 4.79 Å². The van der Waals surface area contributed by atoms with Gasteiger partial charge < -0.3 is 45.9 Å². The maximum Gasteiger partial charge on any atom is 0.414 e. The van der Waals surface area contributed by atoms with Crippen molar-refractivity contribution in [3.05, 3.63) is 35.1 Å². The molecule has 5 rings (SSSR count). The third-order valence-electron chi connectivity index (χ3n) is 10.1. The van der Waals surface area contributed by atoms with Gasteiger partial charge >= 0.3 is 6.09 Å². The first-order valence-corrected chi connectivity index (χ1v) is 16.1. The molecule has 1 fully saturated rings. The number of nitrogens with zero attached hydrogens (tertiary/aromatic N) is 3. The first-order chi connectivity index (χ1) is 22.3. The minimum absolute atomic E-state index is 0.0595. The molecular formula is C33H46N6O8. The van der Waals surface area contributed by atoms with Crippen molar-refractivity contribution < 1.29 is 38.5 Å². The van der Waals surface area contributed by atoms with E-state index in [0.717, 1.165) is 17.7 Å². The monoisotopic (exact) mass is 654 g/mol. The second-order valence-electron chi connectivity index (χ2n) is 13.1. The average molecular weight is 655 g/mol. The Morgan fingerprint density at radius 3 is 2.74 bits per heavy atom. The minimum Gasteiger partial charge on any atom is -0.493 e. The average Bonchev–Trinajstić information content (AvgIpc) is 3.37. The van der Waals surface area contributed by atoms with Gasteiger partial charge in [0, 0.05) is 57.0 Å². The molecule has 2 heterocycles. The molecule has 0 saturated carbocycles. The first kappa shape index (κ1) is 34.2. The molecule has 2 aliphatic carbocycles. The molecule has 2 amide bonds. The number of ketones is 2. The number of benzene rings is 1. The van der Waals surface area contributed by atoms with Gasteiger partial charge in [-0.15, -0.1) is 0 Å². The van der Waals surface area contributed by atoms with Crippen LogP contribution < -0.4 is 26.3 Å². The zero-order chi connectivity index (χ0) is 34.1. The number of nitrogens with one attached hydrogen (secondary N) is 1. The lowest BCUT2D eigenvalue weighted by Gasteiger charge is -2.61. The maximum atomic E-state index is 13.3. The number of piperidine rings is 1. The van der Waals surface area contributed by atoms with Gasteiger partial charge in [0.1, 0.15) is 17.3 Å². The largest absolute Gasteiger partial charge is 0.493 e. The van der Waals surface area contributed by atoms with E-state index in [1.165, 1.54) is 11.8 Å². The van der Waals surface area contributed by atoms with Crippen LogP contribution in [0.25, 0.3) is 0 Å². The second-order valence-corrected chi connectivity index (χ2v) is 13.1. The summed E-state index contributed by atoms with van der Waals surface area (Å²) in [5.74, 6) is -0.173. The Kier molecular flexibility index (Phi) is 9.83. The van der Waals surface area contributed by atoms with E-state index in [9.17, 15) is 24.3 Å². The summed E-state index contributed by atoms with van der Waals surface area (Å²) in [6.45, 7) is 2.62. The lowest BCUT2D eigenvalue weighted by atomic mass is 9.50. The molecule has 6 N–H and O–H groups in total. The SMILES string of the molecule is COc1ccc2c3c1O[C@H]1C(OC(=O)N(C)CCNC(=O)[C@H](CCCN=C(N)N)CC(=O)CC(C)=O)=CC[C@@]4(O)C(C2)N(C)CC[C@]314. The molecule has 14 heteroatoms. The number of aliphatic hydroxyl groups is 1. The van der Waals surface area contributed by atoms with Crippen LogP contribution >= 0.6 is 0 Å². The zero-order valence-corrected chi connectivity index (χ0v) is 27.5. The van der Waals surface area contributed by atoms with Crippen LogP contribution in [0.4, 0.5) is 4.79 Å². The number of Topliss-reactive ketones (excluding diaryl/α,β-unsaturated/α-hetero) is 2. The Bertz CT molecular complexity index is 1490. The molecule has 2 bridgehead atoms. The molecule has 1 spiro atoms. The molecule has 0 radical (unpaired) electrons. The van der Waals surface area contributed by atoms with Crippen LogP contribution in [-0.4, -0.2) is 110 Å². The topological polar surface area (TPSA) is 199 Å². The normalized spacial score (nSPS) is 25.8. The summed E-state index contributed by atoms with van der Waals surface area (Å²) in [6.07, 6.45) is 2.51. The third-order valence-corrected chi connectivity index (χ3v) is 10.1. The van der Waals surface area contributed by atoms with Gasteiger partial charge in [-0.3, -0.25) is 19.4 Å². The Morgan fingerprint density at radius 1 is 1.28 bits per heavy atom. The Labute approximate surface area is 274 Å². The molecule has 5 atom stereocenters. The molecule has 47 heavy (non-hydrogen) atoms. The van der Waals surface area contributed by atoms with E-state index in [4.69, 9.17) is 25.7 Å². The van der Waals surface area contributed by atoms with Crippen molar-refractivity contribution in [3.8, 4) is 11.5 Å². The van der Waals surface area contributed by atoms with Crippen LogP contribution in [0.2, 0.25) is 0 Å². The third kappa shape index (κ3) is 6.28. The van der Waals surface area contributed by atoms with E-state index in [-0.39, 0.29) is 55.4 Å². The number of carbonyl (C=O) groups is 4. The van der Waals surface area contributed by atoms with Crippen LogP contribution in [0.3, 0.4) is 0 Å². The van der Waals surface area contributed by atoms with Crippen LogP contribution in [0.1, 0.15) is 56.6 Å². The minimum atomic E-state index is -1.12. The standard InChI is InChI=1S/C33H46N6O8/c1-19(40)16-22(41)17-21(6-5-12-37-30(34)35)29(42)36-13-15-39(3)31(43)46-24-9-10-33(44)25-18-20-7-8-23(45-4)27-26(20)32(33,28(24)47-27)11-14-38(25)2/h7-9,21,25,28,44H,5-6,10-18H2,1-4H3,(H,36,42)(H4,34,35,37)/t21-,25?,28+,32+,33-/m1/s1. The van der Waals surface area contributed by atoms with Gasteiger partial charge in [0.15, 0.2) is 23.6 Å². The molecule has 256 valence electrons. The van der Waals surface area contributed by atoms with E-state index in [1.807, 2.05) is 19.2 Å². The smallest absolute Gasteiger partial charge is 0.414 e. The molecule has 0 aromatic heterocycles. The summed E-state index contributed by atoms with van der Waals surface area (Å²) < 4.78 is 18.1. The molecule has 1 aromatic carbocycles. The fourth-order valence-electron chi connectivity index (χ4n) is 7.85. The molecule has 1 saturated heterocycles. The lowest BCUT2D eigenvalue weighted by Crippen LogP contribution is -2.74. The Balaban J connectivity index is 1.23. The first-order valence-electron chi connectivity index (χ1n) is 16.1. The van der Waals surface area contributed by atoms with Crippen LogP contribution in [-0.2, 0) is 31.0 Å². The number of hydrogen-bond donors (Lipinski definition) is 4. The summed E-state index contributed by atoms with van der Waals surface area (Å²) in [4.78, 5) is 57.6. The van der Waals surface area contributed by atoms with Crippen molar-refractivity contribution in [3.63, 3.8) is 0 Å². The van der Waals surface area contributed by atoms with Crippen molar-refractivity contribution >= 4 is 29.5 Å². The molecule has 1 unspecified atom stereocenters. The Morgan fingerprint density at radius 2 is 2.04 bits per heavy atom. The van der Waals surface area contributed by atoms with Gasteiger partial charge in [-0.2, -0.15) is 0 Å². The summed E-state index contributed by atoms with van der Waals surface area (Å²) >= 11 is 0. The van der Waals surface area contributed by atoms with E-state index in [1.54, 1.807) is 20.2 Å². The fraction of sp³-hybridized carbons (Fsp3) is 0.606. The molecule has 2 aliphatic heterocycles. The predicted octanol–water partition coefficient (Wildman–Crippen LogP) is 0.766. The Hall–Kier alpha value is -4.17. The quantitative estimate of drug-likeness (QED) is 0.0956. The number of carbonyl (C=O) groups excluding carboxylic acids is 4. The van der Waals surface area contributed by atoms with E-state index in [2.05, 4.69) is 15.2 Å². The van der Waals surface area contributed by atoms with Crippen molar-refractivity contribution in [2.24, 2.45) is 22.4 Å². The van der Waals surface area contributed by atoms with Crippen molar-refractivity contribution in [1.29, 1.82) is 0 Å². The molecule has 4 aliphatic rings. The van der Waals surface area contributed by atoms with Crippen molar-refractivity contribution in [2.45, 2.75) is 75.0 Å². The predicted molar refractivity (Wildman–Crippen MR) is 172 cm³/mol. The highest BCUT2D eigenvalue weighted by Crippen LogP contribution is 2.65. The number of likely N-dealkylation sites (N-methyl/N-ethyl adjacent to an activating group) is 2. The van der Waals surface area contributed by atoms with Crippen LogP contribution in [0.15, 0.2) is 29.0 Å². The number of amides is 2. The number of nitrogens with two attached hydrogens (primary N) is 2. The fourth-order valence-corrected chi connectivity index (χ4v) is 7.85. The van der Waals surface area contributed by atoms with E-state index >= 15 is 0 Å². The maximum absolute atomic E-state index is 13.3. The zero-order valence-electron chi connectivity index (χ0n) is 27.5. The van der Waals surface area contributed by atoms with Gasteiger partial charge in [0.05, 0.1) is 24.5 Å². The molecule has 1 aromatic rings. The molecular weight excluding hydrogens is 608 g/mol. The van der Waals surface area contributed by atoms with Gasteiger partial charge in [-0.05, 0) is 63.9 Å². The number of rotatable bonds is 14. The number of guanidine groups is 1. The number of methoxy groups -OCH3 is 1. The highest BCUT2D eigenvalue weighted by Gasteiger charge is 2.72. The summed E-state index contributed by atoms with van der Waals surface area (Å²) in [5.41, 5.74) is 10.9. The lowest BCUT2D eigenvalue weighted by molar-refractivity contribution is -0.163. The second kappa shape index (κ2) is 13.5. The van der Waals surface area contributed by atoms with Gasteiger partial charge in [0.2, 0.25) is 5.91 Å². The number of aliphatic imine (C=N–C) groups is 1. The van der Waals surface area contributed by atoms with E-state index < -0.39 is 29.1 Å². The van der Waals surface area contributed by atoms with E-state index in [0.29, 0.717) is 55.9 Å². The highest BCUT2D eigenvalue weighted by molar-refractivity contribution is 5.99. The van der Waals surface area contributed by atoms with Crippen molar-refractivity contribution in [1.82, 2.24) is 15.1 Å². The summed E-state index contributed by atoms with van der Waals surface area (Å²) in [7, 11) is 5.17. The number of ether oxygens (including phenoxy) is 3. The van der Waals surface area contributed by atoms with Gasteiger partial charge in [0.25, 0.3) is 0 Å². The summed E-state index contributed by atoms with van der Waals surface area (Å²) in [5, 5.41) is 15.2. The van der Waals surface area contributed by atoms with Crippen LogP contribution in [0.5, 0.6) is 11.5 Å². The van der Waals surface area contributed by atoms with Crippen molar-refractivity contribution in [2.75, 3.05) is 47.4 Å². The highest BCUT2D eigenvalue weighted by atomic mass is 16.6. The van der Waals surface area contributed by atoms with Crippen LogP contribution in [0, 0.1) is 5.92 Å². The number of likely N-dealkylation sites (tertiary alicyclic amines) is 1. The number of hydrogen-bond acceptors (Lipinski definition) is 10. The van der Waals surface area contributed by atoms with Gasteiger partial charge in [-0.1, -0.05) is 6.07 Å². The summed E-state index contributed by atoms with van der Waals surface area (Å²) in [6, 6.07) is 3.80. The molecule has 14 nitrogen and oxygen atoms in total.